The van der Waals surface area contributed by atoms with Gasteiger partial charge in [-0.2, -0.15) is 0 Å². The molecule has 0 spiro atoms. The van der Waals surface area contributed by atoms with E-state index in [0.29, 0.717) is 29.0 Å². The van der Waals surface area contributed by atoms with Crippen molar-refractivity contribution >= 4 is 38.6 Å². The summed E-state index contributed by atoms with van der Waals surface area (Å²) >= 11 is 6.60. The number of halogens is 1. The number of rotatable bonds is 7. The molecule has 0 atom stereocenters. The monoisotopic (exact) mass is 531 g/mol. The number of nitrogens with one attached hydrogen (secondary N) is 1. The van der Waals surface area contributed by atoms with E-state index in [1.165, 1.54) is 6.08 Å². The summed E-state index contributed by atoms with van der Waals surface area (Å²) in [6.07, 6.45) is 2.95. The van der Waals surface area contributed by atoms with Gasteiger partial charge in [0.2, 0.25) is 0 Å². The second kappa shape index (κ2) is 11.5. The molecule has 4 rings (SSSR count). The van der Waals surface area contributed by atoms with Gasteiger partial charge < -0.3 is 4.57 Å². The second-order valence-corrected chi connectivity index (χ2v) is 10.5. The minimum Gasteiger partial charge on any atom is -0.324 e. The molecule has 3 aromatic carbocycles. The van der Waals surface area contributed by atoms with Crippen LogP contribution in [0.15, 0.2) is 78.2 Å². The molecule has 0 saturated heterocycles. The van der Waals surface area contributed by atoms with Gasteiger partial charge in [-0.15, -0.1) is 0 Å². The van der Waals surface area contributed by atoms with E-state index in [1.807, 2.05) is 66.9 Å². The summed E-state index contributed by atoms with van der Waals surface area (Å²) in [6.45, 7) is 4.24. The van der Waals surface area contributed by atoms with E-state index in [9.17, 15) is 13.2 Å². The van der Waals surface area contributed by atoms with E-state index in [0.717, 1.165) is 34.3 Å². The number of hydrogen-bond donors (Lipinski definition) is 1. The van der Waals surface area contributed by atoms with Gasteiger partial charge in [-0.05, 0) is 61.4 Å². The molecule has 0 aliphatic heterocycles. The zero-order chi connectivity index (χ0) is 26.4. The number of hydrogen-bond acceptors (Lipinski definition) is 4. The van der Waals surface area contributed by atoms with Crippen molar-refractivity contribution < 1.29 is 13.2 Å². The fourth-order valence-corrected chi connectivity index (χ4v) is 4.83. The standard InChI is InChI=1S/C29H26ClN3O3S/c1-3-4-8-17-37(35,36)32-29(34)24-15-16-27-28(19-24)33(21(2)31-27)20-25-14-13-23(18-26(25)30)12-11-22-9-6-5-7-10-22/h5-10,13-19H,3-4,20H2,1-2H3,(H,32,34). The molecule has 6 nitrogen and oxygen atoms in total. The third-order valence-electron chi connectivity index (χ3n) is 5.67. The molecule has 0 aliphatic rings. The lowest BCUT2D eigenvalue weighted by molar-refractivity contribution is 0.0982. The lowest BCUT2D eigenvalue weighted by Gasteiger charge is -2.10. The van der Waals surface area contributed by atoms with Crippen LogP contribution in [0, 0.1) is 18.8 Å². The van der Waals surface area contributed by atoms with E-state index in [2.05, 4.69) is 21.5 Å². The van der Waals surface area contributed by atoms with Crippen molar-refractivity contribution in [2.24, 2.45) is 0 Å². The summed E-state index contributed by atoms with van der Waals surface area (Å²) in [7, 11) is -3.87. The van der Waals surface area contributed by atoms with E-state index in [1.54, 1.807) is 18.2 Å². The van der Waals surface area contributed by atoms with Crippen LogP contribution in [0.1, 0.15) is 52.6 Å². The highest BCUT2D eigenvalue weighted by atomic mass is 35.5. The van der Waals surface area contributed by atoms with Crippen molar-refractivity contribution in [3.8, 4) is 11.8 Å². The molecule has 1 aromatic heterocycles. The Morgan fingerprint density at radius 1 is 1.05 bits per heavy atom. The zero-order valence-electron chi connectivity index (χ0n) is 20.5. The van der Waals surface area contributed by atoms with Gasteiger partial charge in [0.05, 0.1) is 17.6 Å². The van der Waals surface area contributed by atoms with Gasteiger partial charge in [-0.3, -0.25) is 4.79 Å². The van der Waals surface area contributed by atoms with Crippen molar-refractivity contribution in [3.05, 3.63) is 111 Å². The van der Waals surface area contributed by atoms with Crippen LogP contribution in [0.4, 0.5) is 0 Å². The zero-order valence-corrected chi connectivity index (χ0v) is 22.1. The average Bonchev–Trinajstić information content (AvgIpc) is 3.18. The minimum atomic E-state index is -3.87. The highest BCUT2D eigenvalue weighted by Gasteiger charge is 2.16. The SMILES string of the molecule is CCCC=CS(=O)(=O)NC(=O)c1ccc2nc(C)n(Cc3ccc(C#Cc4ccccc4)cc3Cl)c2c1. The number of amides is 1. The topological polar surface area (TPSA) is 81.1 Å². The van der Waals surface area contributed by atoms with Crippen LogP contribution in [0.3, 0.4) is 0 Å². The number of fused-ring (bicyclic) bond motifs is 1. The maximum absolute atomic E-state index is 12.7. The Balaban J connectivity index is 1.58. The van der Waals surface area contributed by atoms with Crippen LogP contribution >= 0.6 is 11.6 Å². The van der Waals surface area contributed by atoms with Crippen LogP contribution in [-0.4, -0.2) is 23.9 Å². The van der Waals surface area contributed by atoms with Crippen LogP contribution in [0.25, 0.3) is 11.0 Å². The summed E-state index contributed by atoms with van der Waals surface area (Å²) in [6, 6.07) is 20.3. The number of nitrogens with zero attached hydrogens (tertiary/aromatic N) is 2. The quantitative estimate of drug-likeness (QED) is 0.305. The fraction of sp³-hybridized carbons (Fsp3) is 0.172. The molecule has 4 aromatic rings. The van der Waals surface area contributed by atoms with Crippen LogP contribution in [0.2, 0.25) is 5.02 Å². The summed E-state index contributed by atoms with van der Waals surface area (Å²) in [4.78, 5) is 17.3. The third kappa shape index (κ3) is 6.67. The molecule has 0 aliphatic carbocycles. The lowest BCUT2D eigenvalue weighted by atomic mass is 10.1. The molecule has 0 saturated carbocycles. The average molecular weight is 532 g/mol. The number of sulfonamides is 1. The molecule has 1 amide bonds. The molecule has 0 bridgehead atoms. The number of allylic oxidation sites excluding steroid dienone is 1. The molecule has 188 valence electrons. The number of unbranched alkanes of at least 4 members (excludes halogenated alkanes) is 1. The predicted molar refractivity (Wildman–Crippen MR) is 148 cm³/mol. The van der Waals surface area contributed by atoms with Crippen molar-refractivity contribution in [1.82, 2.24) is 14.3 Å². The van der Waals surface area contributed by atoms with Gasteiger partial charge in [0.25, 0.3) is 15.9 Å². The number of aromatic nitrogens is 2. The lowest BCUT2D eigenvalue weighted by Crippen LogP contribution is -2.28. The third-order valence-corrected chi connectivity index (χ3v) is 7.05. The first-order chi connectivity index (χ1) is 17.8. The van der Waals surface area contributed by atoms with Gasteiger partial charge in [0.15, 0.2) is 0 Å². The Kier molecular flexibility index (Phi) is 8.12. The smallest absolute Gasteiger partial charge is 0.265 e. The van der Waals surface area contributed by atoms with Gasteiger partial charge in [0, 0.05) is 27.1 Å². The van der Waals surface area contributed by atoms with Crippen LogP contribution in [-0.2, 0) is 16.6 Å². The van der Waals surface area contributed by atoms with E-state index < -0.39 is 15.9 Å². The molecular weight excluding hydrogens is 506 g/mol. The number of carbonyl (C=O) groups excluding carboxylic acids is 1. The number of benzene rings is 3. The maximum atomic E-state index is 12.7. The minimum absolute atomic E-state index is 0.221. The number of aryl methyl sites for hydroxylation is 1. The molecule has 0 unspecified atom stereocenters. The molecule has 0 fully saturated rings. The van der Waals surface area contributed by atoms with Gasteiger partial charge in [-0.25, -0.2) is 18.1 Å². The van der Waals surface area contributed by atoms with Crippen molar-refractivity contribution in [3.63, 3.8) is 0 Å². The predicted octanol–water partition coefficient (Wildman–Crippen LogP) is 5.82. The van der Waals surface area contributed by atoms with E-state index in [4.69, 9.17) is 11.6 Å². The Morgan fingerprint density at radius 2 is 1.81 bits per heavy atom. The Labute approximate surface area is 222 Å². The normalized spacial score (nSPS) is 11.4. The summed E-state index contributed by atoms with van der Waals surface area (Å²) in [5, 5.41) is 1.59. The highest BCUT2D eigenvalue weighted by Crippen LogP contribution is 2.24. The van der Waals surface area contributed by atoms with Crippen LogP contribution in [0.5, 0.6) is 0 Å². The van der Waals surface area contributed by atoms with E-state index in [-0.39, 0.29) is 5.56 Å². The maximum Gasteiger partial charge on any atom is 0.265 e. The largest absolute Gasteiger partial charge is 0.324 e. The molecule has 0 radical (unpaired) electrons. The van der Waals surface area contributed by atoms with Crippen molar-refractivity contribution in [2.45, 2.75) is 33.2 Å². The molecule has 1 N–H and O–H groups in total. The van der Waals surface area contributed by atoms with Crippen LogP contribution < -0.4 is 4.72 Å². The number of carbonyl (C=O) groups is 1. The first-order valence-electron chi connectivity index (χ1n) is 11.8. The molecule has 37 heavy (non-hydrogen) atoms. The summed E-state index contributed by atoms with van der Waals surface area (Å²) in [5.74, 6) is 6.30. The molecule has 8 heteroatoms. The fourth-order valence-electron chi connectivity index (χ4n) is 3.76. The van der Waals surface area contributed by atoms with Crippen molar-refractivity contribution in [1.29, 1.82) is 0 Å². The first-order valence-corrected chi connectivity index (χ1v) is 13.7. The van der Waals surface area contributed by atoms with E-state index >= 15 is 0 Å². The Bertz CT molecular complexity index is 1650. The molecular formula is C29H26ClN3O3S. The first kappa shape index (κ1) is 26.2. The summed E-state index contributed by atoms with van der Waals surface area (Å²) < 4.78 is 28.4. The van der Waals surface area contributed by atoms with Gasteiger partial charge in [0.1, 0.15) is 5.82 Å². The summed E-state index contributed by atoms with van der Waals surface area (Å²) in [5.41, 5.74) is 4.21. The Hall–Kier alpha value is -3.86. The Morgan fingerprint density at radius 3 is 2.54 bits per heavy atom. The molecule has 1 heterocycles. The number of imidazole rings is 1. The second-order valence-electron chi connectivity index (χ2n) is 8.51. The highest BCUT2D eigenvalue weighted by molar-refractivity contribution is 7.92. The van der Waals surface area contributed by atoms with Gasteiger partial charge >= 0.3 is 0 Å². The van der Waals surface area contributed by atoms with Gasteiger partial charge in [-0.1, -0.05) is 67.1 Å². The van der Waals surface area contributed by atoms with Crippen molar-refractivity contribution in [2.75, 3.05) is 0 Å².